The average Bonchev–Trinajstić information content (AvgIpc) is 2.59. The second-order valence-corrected chi connectivity index (χ2v) is 7.95. The van der Waals surface area contributed by atoms with E-state index in [0.717, 1.165) is 20.5 Å². The molecule has 126 valence electrons. The van der Waals surface area contributed by atoms with Gasteiger partial charge in [0.05, 0.1) is 5.69 Å². The Morgan fingerprint density at radius 3 is 2.46 bits per heavy atom. The Morgan fingerprint density at radius 1 is 1.00 bits per heavy atom. The van der Waals surface area contributed by atoms with Crippen LogP contribution in [0.1, 0.15) is 32.1 Å². The molecule has 2 aromatic carbocycles. The minimum atomic E-state index is 0.509. The third kappa shape index (κ3) is 5.13. The highest BCUT2D eigenvalue weighted by molar-refractivity contribution is 7.99. The molecule has 0 aliphatic heterocycles. The van der Waals surface area contributed by atoms with Crippen LogP contribution in [0.15, 0.2) is 58.3 Å². The van der Waals surface area contributed by atoms with E-state index in [2.05, 4.69) is 22.8 Å². The van der Waals surface area contributed by atoms with Gasteiger partial charge in [-0.25, -0.2) is 0 Å². The van der Waals surface area contributed by atoms with E-state index in [1.807, 2.05) is 36.4 Å². The number of hydrogen-bond donors (Lipinski definition) is 2. The molecule has 1 fully saturated rings. The van der Waals surface area contributed by atoms with Gasteiger partial charge >= 0.3 is 0 Å². The number of nitrogens with one attached hydrogen (secondary N) is 2. The minimum absolute atomic E-state index is 0.509. The summed E-state index contributed by atoms with van der Waals surface area (Å²) >= 11 is 13.2. The van der Waals surface area contributed by atoms with Gasteiger partial charge in [-0.2, -0.15) is 0 Å². The normalized spacial score (nSPS) is 15.0. The van der Waals surface area contributed by atoms with E-state index < -0.39 is 0 Å². The summed E-state index contributed by atoms with van der Waals surface area (Å²) in [4.78, 5) is 2.30. The predicted molar refractivity (Wildman–Crippen MR) is 108 cm³/mol. The molecule has 24 heavy (non-hydrogen) atoms. The summed E-state index contributed by atoms with van der Waals surface area (Å²) in [6.07, 6.45) is 6.36. The number of halogens is 1. The minimum Gasteiger partial charge on any atom is -0.360 e. The Morgan fingerprint density at radius 2 is 1.71 bits per heavy atom. The molecule has 1 aliphatic carbocycles. The Bertz CT molecular complexity index is 682. The average molecular weight is 377 g/mol. The molecule has 0 radical (unpaired) electrons. The molecule has 0 heterocycles. The molecule has 0 spiro atoms. The highest BCUT2D eigenvalue weighted by Gasteiger charge is 2.14. The van der Waals surface area contributed by atoms with E-state index >= 15 is 0 Å². The molecule has 0 unspecified atom stereocenters. The van der Waals surface area contributed by atoms with Crippen LogP contribution in [0.3, 0.4) is 0 Å². The summed E-state index contributed by atoms with van der Waals surface area (Å²) in [7, 11) is 0. The SMILES string of the molecule is S=C(Nc1ccccc1Sc1ccc(Cl)cc1)NC1CCCCC1. The number of thiocarbonyl (C=S) groups is 1. The van der Waals surface area contributed by atoms with Crippen molar-refractivity contribution in [2.75, 3.05) is 5.32 Å². The second kappa shape index (κ2) is 8.75. The standard InChI is InChI=1S/C19H21ClN2S2/c20-14-10-12-16(13-11-14)24-18-9-5-4-8-17(18)22-19(23)21-15-6-2-1-3-7-15/h4-5,8-13,15H,1-3,6-7H2,(H2,21,22,23). The van der Waals surface area contributed by atoms with E-state index in [-0.39, 0.29) is 0 Å². The van der Waals surface area contributed by atoms with E-state index in [1.165, 1.54) is 32.1 Å². The first-order valence-electron chi connectivity index (χ1n) is 8.31. The smallest absolute Gasteiger partial charge is 0.171 e. The Labute approximate surface area is 158 Å². The zero-order valence-electron chi connectivity index (χ0n) is 13.4. The van der Waals surface area contributed by atoms with E-state index in [1.54, 1.807) is 11.8 Å². The largest absolute Gasteiger partial charge is 0.360 e. The molecule has 2 aromatic rings. The third-order valence-corrected chi connectivity index (χ3v) is 5.67. The lowest BCUT2D eigenvalue weighted by Gasteiger charge is -2.24. The first kappa shape index (κ1) is 17.6. The quantitative estimate of drug-likeness (QED) is 0.628. The van der Waals surface area contributed by atoms with E-state index in [0.29, 0.717) is 11.2 Å². The van der Waals surface area contributed by atoms with Gasteiger partial charge in [0.25, 0.3) is 0 Å². The van der Waals surface area contributed by atoms with E-state index in [4.69, 9.17) is 23.8 Å². The van der Waals surface area contributed by atoms with Gasteiger partial charge < -0.3 is 10.6 Å². The number of benzene rings is 2. The molecule has 0 aromatic heterocycles. The Hall–Kier alpha value is -1.23. The van der Waals surface area contributed by atoms with Crippen LogP contribution in [0.2, 0.25) is 5.02 Å². The van der Waals surface area contributed by atoms with Crippen molar-refractivity contribution in [2.24, 2.45) is 0 Å². The highest BCUT2D eigenvalue weighted by Crippen LogP contribution is 2.33. The lowest BCUT2D eigenvalue weighted by molar-refractivity contribution is 0.415. The number of anilines is 1. The molecule has 0 atom stereocenters. The van der Waals surface area contributed by atoms with Gasteiger partial charge in [-0.15, -0.1) is 0 Å². The molecule has 0 bridgehead atoms. The lowest BCUT2D eigenvalue weighted by Crippen LogP contribution is -2.38. The molecule has 5 heteroatoms. The molecule has 3 rings (SSSR count). The summed E-state index contributed by atoms with van der Waals surface area (Å²) in [5, 5.41) is 8.29. The van der Waals surface area contributed by atoms with Crippen molar-refractivity contribution >= 4 is 46.4 Å². The Kier molecular flexibility index (Phi) is 6.41. The molecule has 0 amide bonds. The summed E-state index contributed by atoms with van der Waals surface area (Å²) in [5.74, 6) is 0. The van der Waals surface area contributed by atoms with Crippen LogP contribution in [-0.4, -0.2) is 11.2 Å². The summed E-state index contributed by atoms with van der Waals surface area (Å²) in [6.45, 7) is 0. The maximum Gasteiger partial charge on any atom is 0.171 e. The van der Waals surface area contributed by atoms with Gasteiger partial charge in [-0.3, -0.25) is 0 Å². The first-order chi connectivity index (χ1) is 11.7. The molecule has 0 saturated heterocycles. The van der Waals surface area contributed by atoms with Crippen LogP contribution in [0.25, 0.3) is 0 Å². The fourth-order valence-electron chi connectivity index (χ4n) is 2.88. The monoisotopic (exact) mass is 376 g/mol. The molecular formula is C19H21ClN2S2. The van der Waals surface area contributed by atoms with Crippen molar-refractivity contribution in [3.05, 3.63) is 53.6 Å². The molecule has 2 N–H and O–H groups in total. The van der Waals surface area contributed by atoms with Crippen molar-refractivity contribution in [1.29, 1.82) is 0 Å². The molecule has 1 aliphatic rings. The number of rotatable bonds is 4. The van der Waals surface area contributed by atoms with Crippen LogP contribution >= 0.6 is 35.6 Å². The molecular weight excluding hydrogens is 356 g/mol. The Balaban J connectivity index is 1.64. The highest BCUT2D eigenvalue weighted by atomic mass is 35.5. The van der Waals surface area contributed by atoms with Gasteiger partial charge in [0.15, 0.2) is 5.11 Å². The summed E-state index contributed by atoms with van der Waals surface area (Å²) in [5.41, 5.74) is 1.03. The first-order valence-corrected chi connectivity index (χ1v) is 9.91. The van der Waals surface area contributed by atoms with Crippen LogP contribution in [0.5, 0.6) is 0 Å². The van der Waals surface area contributed by atoms with Crippen molar-refractivity contribution in [1.82, 2.24) is 5.32 Å². The number of hydrogen-bond acceptors (Lipinski definition) is 2. The predicted octanol–water partition coefficient (Wildman–Crippen LogP) is 6.11. The van der Waals surface area contributed by atoms with Gasteiger partial charge in [-0.05, 0) is 61.5 Å². The maximum absolute atomic E-state index is 5.96. The van der Waals surface area contributed by atoms with Gasteiger partial charge in [0.1, 0.15) is 0 Å². The van der Waals surface area contributed by atoms with E-state index in [9.17, 15) is 0 Å². The van der Waals surface area contributed by atoms with Crippen LogP contribution in [0, 0.1) is 0 Å². The zero-order valence-corrected chi connectivity index (χ0v) is 15.8. The zero-order chi connectivity index (χ0) is 16.8. The molecule has 2 nitrogen and oxygen atoms in total. The van der Waals surface area contributed by atoms with Crippen molar-refractivity contribution in [3.8, 4) is 0 Å². The maximum atomic E-state index is 5.96. The van der Waals surface area contributed by atoms with Crippen molar-refractivity contribution < 1.29 is 0 Å². The fourth-order valence-corrected chi connectivity index (χ4v) is 4.18. The number of para-hydroxylation sites is 1. The van der Waals surface area contributed by atoms with Gasteiger partial charge in [0.2, 0.25) is 0 Å². The van der Waals surface area contributed by atoms with Crippen molar-refractivity contribution in [2.45, 2.75) is 47.9 Å². The topological polar surface area (TPSA) is 24.1 Å². The van der Waals surface area contributed by atoms with Crippen LogP contribution in [0.4, 0.5) is 5.69 Å². The van der Waals surface area contributed by atoms with Crippen molar-refractivity contribution in [3.63, 3.8) is 0 Å². The molecule has 1 saturated carbocycles. The van der Waals surface area contributed by atoms with Crippen LogP contribution in [-0.2, 0) is 0 Å². The second-order valence-electron chi connectivity index (χ2n) is 5.99. The van der Waals surface area contributed by atoms with Gasteiger partial charge in [-0.1, -0.05) is 54.8 Å². The summed E-state index contributed by atoms with van der Waals surface area (Å²) < 4.78 is 0. The van der Waals surface area contributed by atoms with Crippen LogP contribution < -0.4 is 10.6 Å². The van der Waals surface area contributed by atoms with Gasteiger partial charge in [0, 0.05) is 20.9 Å². The third-order valence-electron chi connectivity index (χ3n) is 4.12. The summed E-state index contributed by atoms with van der Waals surface area (Å²) in [6, 6.07) is 16.6. The lowest BCUT2D eigenvalue weighted by atomic mass is 9.96. The fraction of sp³-hybridized carbons (Fsp3) is 0.316.